The van der Waals surface area contributed by atoms with Gasteiger partial charge in [0.05, 0.1) is 12.2 Å². The summed E-state index contributed by atoms with van der Waals surface area (Å²) in [4.78, 5) is 13.8. The minimum absolute atomic E-state index is 0.243. The highest BCUT2D eigenvalue weighted by atomic mass is 35.5. The van der Waals surface area contributed by atoms with Crippen LogP contribution in [0.5, 0.6) is 5.75 Å². The Morgan fingerprint density at radius 1 is 1.24 bits per heavy atom. The van der Waals surface area contributed by atoms with Crippen LogP contribution in [-0.4, -0.2) is 19.2 Å². The second-order valence-corrected chi connectivity index (χ2v) is 5.09. The number of rotatable bonds is 2. The van der Waals surface area contributed by atoms with Crippen LogP contribution in [-0.2, 0) is 11.3 Å². The van der Waals surface area contributed by atoms with E-state index < -0.39 is 6.09 Å². The second-order valence-electron chi connectivity index (χ2n) is 4.65. The molecule has 0 saturated carbocycles. The monoisotopic (exact) mass is 303 g/mol. The zero-order valence-electron chi connectivity index (χ0n) is 11.3. The molecule has 0 aromatic heterocycles. The predicted molar refractivity (Wildman–Crippen MR) is 80.9 cm³/mol. The lowest BCUT2D eigenvalue weighted by atomic mass is 10.2. The van der Waals surface area contributed by atoms with Crippen LogP contribution in [0, 0.1) is 0 Å². The zero-order valence-corrected chi connectivity index (χ0v) is 12.0. The largest absolute Gasteiger partial charge is 0.490 e. The molecule has 0 spiro atoms. The van der Waals surface area contributed by atoms with Crippen LogP contribution in [0.4, 0.5) is 10.5 Å². The Labute approximate surface area is 127 Å². The molecule has 0 unspecified atom stereocenters. The molecule has 0 saturated heterocycles. The molecule has 2 aromatic carbocycles. The van der Waals surface area contributed by atoms with E-state index in [-0.39, 0.29) is 6.61 Å². The summed E-state index contributed by atoms with van der Waals surface area (Å²) >= 11 is 5.99. The van der Waals surface area contributed by atoms with Crippen LogP contribution in [0.15, 0.2) is 48.5 Å². The number of fused-ring (bicyclic) bond motifs is 1. The fourth-order valence-electron chi connectivity index (χ4n) is 2.18. The molecule has 0 radical (unpaired) electrons. The van der Waals surface area contributed by atoms with E-state index in [2.05, 4.69) is 0 Å². The predicted octanol–water partition coefficient (Wildman–Crippen LogP) is 3.88. The summed E-state index contributed by atoms with van der Waals surface area (Å²) in [5.74, 6) is 0.641. The van der Waals surface area contributed by atoms with Crippen molar-refractivity contribution in [2.24, 2.45) is 0 Å². The van der Waals surface area contributed by atoms with Gasteiger partial charge in [-0.2, -0.15) is 0 Å². The number of nitrogens with zero attached hydrogens (tertiary/aromatic N) is 1. The van der Waals surface area contributed by atoms with Crippen LogP contribution in [0.25, 0.3) is 0 Å². The van der Waals surface area contributed by atoms with Crippen molar-refractivity contribution in [3.63, 3.8) is 0 Å². The number of carbonyl (C=O) groups is 1. The average molecular weight is 304 g/mol. The maximum absolute atomic E-state index is 12.3. The molecule has 0 N–H and O–H groups in total. The van der Waals surface area contributed by atoms with E-state index in [1.54, 1.807) is 23.1 Å². The van der Waals surface area contributed by atoms with Crippen molar-refractivity contribution in [2.75, 3.05) is 18.1 Å². The first-order chi connectivity index (χ1) is 10.2. The van der Waals surface area contributed by atoms with Crippen LogP contribution in [0.1, 0.15) is 5.56 Å². The summed E-state index contributed by atoms with van der Waals surface area (Å²) in [7, 11) is 0. The number of ether oxygens (including phenoxy) is 2. The molecule has 3 rings (SSSR count). The molecule has 0 atom stereocenters. The third-order valence-corrected chi connectivity index (χ3v) is 3.44. The second kappa shape index (κ2) is 6.06. The normalized spacial score (nSPS) is 13.3. The molecular weight excluding hydrogens is 290 g/mol. The van der Waals surface area contributed by atoms with Crippen molar-refractivity contribution in [3.8, 4) is 5.75 Å². The third kappa shape index (κ3) is 3.11. The van der Waals surface area contributed by atoms with Crippen LogP contribution in [0.2, 0.25) is 5.02 Å². The fraction of sp³-hybridized carbons (Fsp3) is 0.188. The molecule has 2 aromatic rings. The molecule has 1 aliphatic rings. The van der Waals surface area contributed by atoms with Crippen molar-refractivity contribution >= 4 is 23.4 Å². The van der Waals surface area contributed by atoms with Crippen LogP contribution >= 0.6 is 11.6 Å². The molecule has 4 nitrogen and oxygen atoms in total. The first-order valence-electron chi connectivity index (χ1n) is 6.64. The van der Waals surface area contributed by atoms with E-state index >= 15 is 0 Å². The van der Waals surface area contributed by atoms with Gasteiger partial charge in [-0.05, 0) is 23.8 Å². The highest BCUT2D eigenvalue weighted by Gasteiger charge is 2.25. The van der Waals surface area contributed by atoms with Gasteiger partial charge in [0.15, 0.2) is 0 Å². The smallest absolute Gasteiger partial charge is 0.414 e. The Hall–Kier alpha value is -2.20. The van der Waals surface area contributed by atoms with Gasteiger partial charge in [0, 0.05) is 5.02 Å². The van der Waals surface area contributed by atoms with Gasteiger partial charge in [-0.3, -0.25) is 4.90 Å². The Balaban J connectivity index is 1.73. The van der Waals surface area contributed by atoms with E-state index in [1.165, 1.54) is 0 Å². The summed E-state index contributed by atoms with van der Waals surface area (Å²) in [5, 5.41) is 0.556. The van der Waals surface area contributed by atoms with Crippen LogP contribution < -0.4 is 9.64 Å². The first kappa shape index (κ1) is 13.8. The van der Waals surface area contributed by atoms with E-state index in [4.69, 9.17) is 21.1 Å². The maximum Gasteiger partial charge on any atom is 0.414 e. The molecule has 0 fully saturated rings. The van der Waals surface area contributed by atoms with Gasteiger partial charge in [0.1, 0.15) is 19.0 Å². The quantitative estimate of drug-likeness (QED) is 0.845. The summed E-state index contributed by atoms with van der Waals surface area (Å²) in [6, 6.07) is 14.8. The number of benzene rings is 2. The Morgan fingerprint density at radius 2 is 2.05 bits per heavy atom. The number of hydrogen-bond acceptors (Lipinski definition) is 3. The van der Waals surface area contributed by atoms with E-state index in [0.29, 0.717) is 29.6 Å². The minimum Gasteiger partial charge on any atom is -0.490 e. The van der Waals surface area contributed by atoms with Gasteiger partial charge in [-0.1, -0.05) is 41.9 Å². The molecule has 108 valence electrons. The summed E-state index contributed by atoms with van der Waals surface area (Å²) in [6.07, 6.45) is -0.398. The SMILES string of the molecule is O=C(OCc1ccccc1)N1CCOc2ccc(Cl)cc21. The molecule has 5 heteroatoms. The zero-order chi connectivity index (χ0) is 14.7. The molecule has 0 bridgehead atoms. The van der Waals surface area contributed by atoms with E-state index in [0.717, 1.165) is 5.56 Å². The topological polar surface area (TPSA) is 38.8 Å². The minimum atomic E-state index is -0.398. The summed E-state index contributed by atoms with van der Waals surface area (Å²) in [5.41, 5.74) is 1.59. The van der Waals surface area contributed by atoms with Crippen LogP contribution in [0.3, 0.4) is 0 Å². The number of hydrogen-bond donors (Lipinski definition) is 0. The fourth-order valence-corrected chi connectivity index (χ4v) is 2.34. The maximum atomic E-state index is 12.3. The van der Waals surface area contributed by atoms with Gasteiger partial charge in [0.2, 0.25) is 0 Å². The van der Waals surface area contributed by atoms with Gasteiger partial charge in [-0.25, -0.2) is 4.79 Å². The number of carbonyl (C=O) groups excluding carboxylic acids is 1. The van der Waals surface area contributed by atoms with Gasteiger partial charge in [0.25, 0.3) is 0 Å². The first-order valence-corrected chi connectivity index (χ1v) is 7.02. The third-order valence-electron chi connectivity index (χ3n) is 3.21. The Morgan fingerprint density at radius 3 is 2.86 bits per heavy atom. The Bertz CT molecular complexity index is 645. The van der Waals surface area contributed by atoms with E-state index in [9.17, 15) is 4.79 Å². The van der Waals surface area contributed by atoms with Crippen molar-refractivity contribution < 1.29 is 14.3 Å². The highest BCUT2D eigenvalue weighted by molar-refractivity contribution is 6.31. The molecule has 1 aliphatic heterocycles. The summed E-state index contributed by atoms with van der Waals surface area (Å²) < 4.78 is 10.9. The highest BCUT2D eigenvalue weighted by Crippen LogP contribution is 2.34. The molecule has 0 aliphatic carbocycles. The number of halogens is 1. The Kier molecular flexibility index (Phi) is 3.97. The summed E-state index contributed by atoms with van der Waals surface area (Å²) in [6.45, 7) is 1.13. The number of amides is 1. The standard InChI is InChI=1S/C16H14ClNO3/c17-13-6-7-15-14(10-13)18(8-9-20-15)16(19)21-11-12-4-2-1-3-5-12/h1-7,10H,8-9,11H2. The lowest BCUT2D eigenvalue weighted by Gasteiger charge is -2.28. The molecule has 1 heterocycles. The van der Waals surface area contributed by atoms with Crippen molar-refractivity contribution in [1.29, 1.82) is 0 Å². The average Bonchev–Trinajstić information content (AvgIpc) is 2.53. The lowest BCUT2D eigenvalue weighted by molar-refractivity contribution is 0.144. The van der Waals surface area contributed by atoms with Crippen molar-refractivity contribution in [2.45, 2.75) is 6.61 Å². The number of anilines is 1. The molecule has 1 amide bonds. The lowest BCUT2D eigenvalue weighted by Crippen LogP contribution is -2.38. The van der Waals surface area contributed by atoms with Crippen molar-refractivity contribution in [3.05, 3.63) is 59.1 Å². The van der Waals surface area contributed by atoms with Gasteiger partial charge in [-0.15, -0.1) is 0 Å². The van der Waals surface area contributed by atoms with Crippen molar-refractivity contribution in [1.82, 2.24) is 0 Å². The van der Waals surface area contributed by atoms with Gasteiger partial charge >= 0.3 is 6.09 Å². The van der Waals surface area contributed by atoms with Gasteiger partial charge < -0.3 is 9.47 Å². The van der Waals surface area contributed by atoms with E-state index in [1.807, 2.05) is 30.3 Å². The molecule has 21 heavy (non-hydrogen) atoms. The molecular formula is C16H14ClNO3.